The normalized spacial score (nSPS) is 24.2. The van der Waals surface area contributed by atoms with Crippen LogP contribution >= 0.6 is 11.3 Å². The number of benzene rings is 3. The van der Waals surface area contributed by atoms with Crippen LogP contribution in [0, 0.1) is 48.1 Å². The number of para-hydroxylation sites is 1. The number of unbranched alkanes of at least 4 members (excludes halogenated alkanes) is 8. The molecule has 3 heterocycles. The maximum Gasteiger partial charge on any atom is 0.310 e. The summed E-state index contributed by atoms with van der Waals surface area (Å²) in [7, 11) is 0. The highest BCUT2D eigenvalue weighted by Gasteiger charge is 2.62. The molecule has 8 atom stereocenters. The summed E-state index contributed by atoms with van der Waals surface area (Å²) < 4.78 is 34.8. The molecule has 0 unspecified atom stereocenters. The largest absolute Gasteiger partial charge is 0.481 e. The van der Waals surface area contributed by atoms with E-state index in [1.165, 1.54) is 53.3 Å². The van der Waals surface area contributed by atoms with Crippen molar-refractivity contribution in [3.63, 3.8) is 0 Å². The van der Waals surface area contributed by atoms with Crippen LogP contribution in [0.15, 0.2) is 85.0 Å². The number of halogens is 2. The molecular formula is C63H79F2N3O10S. The standard InChI is InChI=1S/C35H41FN2O5S.C28H38FNO5/c1-3-4-5-6-7-8-11-25-20-35(25,33(41)42)21-30(39)29-19-27(43-34-37-28-12-9-10-13-31(28)44-34)22-38(29)32(40)15-14-24-16-23(2)17-26(36)18-24;1-3-4-5-6-7-8-9-21-16-28(21,27(34)35)17-25(32)24-15-23(31)18-30(24)26(33)11-10-20-12-19(2)13-22(29)14-20/h8-13,16-18,25,27,29H,3-7,14-15,19-22H2,1-2H3,(H,41,42);8-9,12-14,21,23-24,31H,3-7,10-11,15-18H2,1-2H3,(H,34,35)/b11-8-;9-8-/t25-,27-,29+,35-;21-,23-,24+,28-/m11/s1. The van der Waals surface area contributed by atoms with Crippen LogP contribution in [0.4, 0.5) is 8.78 Å². The van der Waals surface area contributed by atoms with Crippen molar-refractivity contribution in [3.8, 4) is 5.19 Å². The predicted octanol–water partition coefficient (Wildman–Crippen LogP) is 11.9. The van der Waals surface area contributed by atoms with Gasteiger partial charge in [-0.25, -0.2) is 13.8 Å². The van der Waals surface area contributed by atoms with Crippen molar-refractivity contribution in [2.24, 2.45) is 22.7 Å². The first kappa shape index (κ1) is 60.5. The number of aliphatic hydroxyl groups excluding tert-OH is 1. The van der Waals surface area contributed by atoms with E-state index in [2.05, 4.69) is 24.9 Å². The highest BCUT2D eigenvalue weighted by atomic mass is 32.1. The highest BCUT2D eigenvalue weighted by molar-refractivity contribution is 7.20. The lowest BCUT2D eigenvalue weighted by molar-refractivity contribution is -0.147. The molecule has 1 aromatic heterocycles. The van der Waals surface area contributed by atoms with E-state index in [-0.39, 0.29) is 98.5 Å². The average molecular weight is 1110 g/mol. The smallest absolute Gasteiger partial charge is 0.310 e. The lowest BCUT2D eigenvalue weighted by atomic mass is 9.92. The Hall–Kier alpha value is -6.13. The third-order valence-corrected chi connectivity index (χ3v) is 17.1. The molecule has 2 saturated heterocycles. The van der Waals surface area contributed by atoms with Crippen LogP contribution in [-0.4, -0.2) is 103 Å². The van der Waals surface area contributed by atoms with Gasteiger partial charge >= 0.3 is 11.9 Å². The number of aryl methyl sites for hydroxylation is 4. The van der Waals surface area contributed by atoms with Crippen LogP contribution in [0.3, 0.4) is 0 Å². The first-order valence-corrected chi connectivity index (χ1v) is 29.3. The van der Waals surface area contributed by atoms with Gasteiger partial charge in [-0.05, 0) is 136 Å². The van der Waals surface area contributed by atoms with Gasteiger partial charge in [0.05, 0.1) is 45.8 Å². The Morgan fingerprint density at radius 1 is 0.684 bits per heavy atom. The van der Waals surface area contributed by atoms with Gasteiger partial charge < -0.3 is 29.9 Å². The topological polar surface area (TPSA) is 192 Å². The number of amides is 2. The number of carboxylic acids is 2. The number of allylic oxidation sites excluding steroid dienone is 4. The van der Waals surface area contributed by atoms with Crippen LogP contribution in [-0.2, 0) is 41.6 Å². The van der Waals surface area contributed by atoms with Crippen LogP contribution in [0.25, 0.3) is 10.2 Å². The van der Waals surface area contributed by atoms with E-state index in [9.17, 15) is 52.9 Å². The molecule has 8 rings (SSSR count). The number of Topliss-reactive ketones (excluding diaryl/α,β-unsaturated/α-hetero) is 2. The van der Waals surface area contributed by atoms with Crippen molar-refractivity contribution in [2.75, 3.05) is 13.1 Å². The van der Waals surface area contributed by atoms with Gasteiger partial charge in [-0.2, -0.15) is 0 Å². The summed E-state index contributed by atoms with van der Waals surface area (Å²) in [4.78, 5) is 85.4. The summed E-state index contributed by atoms with van der Waals surface area (Å²) >= 11 is 1.41. The molecule has 0 radical (unpaired) electrons. The quantitative estimate of drug-likeness (QED) is 0.0362. The molecule has 2 amide bonds. The Bertz CT molecular complexity index is 2800. The van der Waals surface area contributed by atoms with Crippen molar-refractivity contribution >= 4 is 56.9 Å². The van der Waals surface area contributed by atoms with E-state index in [1.54, 1.807) is 18.7 Å². The second kappa shape index (κ2) is 27.8. The first-order chi connectivity index (χ1) is 37.8. The van der Waals surface area contributed by atoms with Crippen molar-refractivity contribution in [3.05, 3.63) is 119 Å². The van der Waals surface area contributed by atoms with E-state index < -0.39 is 47.1 Å². The molecule has 4 aromatic rings. The number of aliphatic carboxylic acids is 2. The second-order valence-corrected chi connectivity index (χ2v) is 23.6. The lowest BCUT2D eigenvalue weighted by Gasteiger charge is -2.25. The summed E-state index contributed by atoms with van der Waals surface area (Å²) in [6.07, 6.45) is 19.5. The number of aliphatic hydroxyl groups is 1. The number of carbonyl (C=O) groups excluding carboxylic acids is 4. The number of carboxylic acid groups (broad SMARTS) is 2. The minimum absolute atomic E-state index is 0.0541. The van der Waals surface area contributed by atoms with Gasteiger partial charge in [-0.1, -0.05) is 112 Å². The molecule has 2 saturated carbocycles. The fraction of sp³-hybridized carbons (Fsp3) is 0.540. The zero-order chi connectivity index (χ0) is 56.9. The zero-order valence-corrected chi connectivity index (χ0v) is 47.1. The van der Waals surface area contributed by atoms with Crippen molar-refractivity contribution < 1.29 is 57.6 Å². The van der Waals surface area contributed by atoms with Gasteiger partial charge in [0.15, 0.2) is 11.6 Å². The van der Waals surface area contributed by atoms with E-state index in [4.69, 9.17) is 4.74 Å². The first-order valence-electron chi connectivity index (χ1n) is 28.5. The second-order valence-electron chi connectivity index (χ2n) is 22.6. The van der Waals surface area contributed by atoms with Crippen LogP contribution in [0.1, 0.15) is 152 Å². The number of thiazole rings is 1. The fourth-order valence-corrected chi connectivity index (χ4v) is 12.5. The minimum Gasteiger partial charge on any atom is -0.481 e. The summed E-state index contributed by atoms with van der Waals surface area (Å²) in [5.74, 6) is -4.10. The molecule has 16 heteroatoms. The van der Waals surface area contributed by atoms with Crippen molar-refractivity contribution in [1.82, 2.24) is 14.8 Å². The number of hydrogen-bond acceptors (Lipinski definition) is 10. The highest BCUT2D eigenvalue weighted by Crippen LogP contribution is 2.58. The Morgan fingerprint density at radius 2 is 1.18 bits per heavy atom. The lowest BCUT2D eigenvalue weighted by Crippen LogP contribution is -2.42. The molecule has 3 aromatic carbocycles. The average Bonchev–Trinajstić information content (AvgIpc) is 4.22. The van der Waals surface area contributed by atoms with Crippen molar-refractivity contribution in [2.45, 2.75) is 180 Å². The van der Waals surface area contributed by atoms with E-state index in [0.717, 1.165) is 72.7 Å². The number of nitrogens with zero attached hydrogens (tertiary/aromatic N) is 3. The molecule has 0 bridgehead atoms. The van der Waals surface area contributed by atoms with Crippen LogP contribution in [0.2, 0.25) is 0 Å². The fourth-order valence-electron chi connectivity index (χ4n) is 11.6. The number of carbonyl (C=O) groups is 6. The van der Waals surface area contributed by atoms with E-state index in [0.29, 0.717) is 42.0 Å². The molecule has 426 valence electrons. The Balaban J connectivity index is 0.000000235. The van der Waals surface area contributed by atoms with Crippen LogP contribution < -0.4 is 4.74 Å². The van der Waals surface area contributed by atoms with Crippen molar-refractivity contribution in [1.29, 1.82) is 0 Å². The van der Waals surface area contributed by atoms with Crippen LogP contribution in [0.5, 0.6) is 5.19 Å². The van der Waals surface area contributed by atoms with Gasteiger partial charge in [-0.15, -0.1) is 0 Å². The number of likely N-dealkylation sites (tertiary alicyclic amines) is 2. The summed E-state index contributed by atoms with van der Waals surface area (Å²) in [6, 6.07) is 15.4. The zero-order valence-electron chi connectivity index (χ0n) is 46.3. The Labute approximate surface area is 467 Å². The molecule has 13 nitrogen and oxygen atoms in total. The number of rotatable bonds is 28. The number of fused-ring (bicyclic) bond motifs is 1. The molecule has 4 aliphatic rings. The molecular weight excluding hydrogens is 1030 g/mol. The van der Waals surface area contributed by atoms with Gasteiger partial charge in [0.2, 0.25) is 11.8 Å². The van der Waals surface area contributed by atoms with E-state index in [1.807, 2.05) is 54.6 Å². The molecule has 2 aliphatic heterocycles. The molecule has 0 spiro atoms. The monoisotopic (exact) mass is 1110 g/mol. The van der Waals surface area contributed by atoms with E-state index >= 15 is 0 Å². The number of ketones is 2. The third-order valence-electron chi connectivity index (χ3n) is 16.2. The summed E-state index contributed by atoms with van der Waals surface area (Å²) in [6.45, 7) is 8.16. The summed E-state index contributed by atoms with van der Waals surface area (Å²) in [5, 5.41) is 30.7. The maximum absolute atomic E-state index is 13.9. The third kappa shape index (κ3) is 16.3. The number of hydrogen-bond donors (Lipinski definition) is 3. The SMILES string of the molecule is CCCCCC/C=C\[C@@H]1C[C@]1(CC(=O)[C@@H]1C[C@@H](O)CN1C(=O)CCc1cc(C)cc(F)c1)C(=O)O.CCCCCC/C=C\[C@@H]1C[C@]1(CC(=O)[C@@H]1C[C@@H](Oc2nc3ccccc3s2)CN1C(=O)CCc1cc(C)cc(F)c1)C(=O)O. The predicted molar refractivity (Wildman–Crippen MR) is 301 cm³/mol. The Kier molecular flexibility index (Phi) is 21.3. The minimum atomic E-state index is -1.13. The molecule has 2 aliphatic carbocycles. The van der Waals surface area contributed by atoms with Gasteiger partial charge in [0.1, 0.15) is 17.7 Å². The molecule has 79 heavy (non-hydrogen) atoms. The van der Waals surface area contributed by atoms with Gasteiger partial charge in [0, 0.05) is 45.1 Å². The maximum atomic E-state index is 13.9. The number of β-amino-alcohol motifs (C(OH)–C–C–N with tert-alkyl or cyclic N) is 1. The van der Waals surface area contributed by atoms with Gasteiger partial charge in [-0.3, -0.25) is 28.8 Å². The molecule has 4 fully saturated rings. The number of aromatic nitrogens is 1. The Morgan fingerprint density at radius 3 is 1.66 bits per heavy atom. The molecule has 3 N–H and O–H groups in total. The number of ether oxygens (including phenoxy) is 1. The van der Waals surface area contributed by atoms with Gasteiger partial charge in [0.25, 0.3) is 5.19 Å². The summed E-state index contributed by atoms with van der Waals surface area (Å²) in [5.41, 5.74) is 1.54.